The highest BCUT2D eigenvalue weighted by molar-refractivity contribution is 6.05. The number of pyridine rings is 2. The third kappa shape index (κ3) is 5.05. The van der Waals surface area contributed by atoms with Crippen molar-refractivity contribution < 1.29 is 8.78 Å². The van der Waals surface area contributed by atoms with Crippen molar-refractivity contribution in [1.29, 1.82) is 0 Å². The van der Waals surface area contributed by atoms with E-state index in [1.165, 1.54) is 24.3 Å². The molecule has 0 radical (unpaired) electrons. The molecule has 6 rings (SSSR count). The van der Waals surface area contributed by atoms with Gasteiger partial charge < -0.3 is 10.6 Å². The van der Waals surface area contributed by atoms with E-state index in [0.717, 1.165) is 65.7 Å². The number of halogens is 2. The maximum absolute atomic E-state index is 13.9. The largest absolute Gasteiger partial charge is 0.317 e. The van der Waals surface area contributed by atoms with Crippen molar-refractivity contribution in [1.82, 2.24) is 30.4 Å². The van der Waals surface area contributed by atoms with Crippen molar-refractivity contribution in [3.63, 3.8) is 0 Å². The Bertz CT molecular complexity index is 1530. The number of piperidine rings is 1. The first kappa shape index (κ1) is 24.3. The standard InChI is InChI=1S/C30H28F2N6/c31-23-5-1-20(2-6-23)27-26-19-38(18-17-35-25-11-15-34-16-12-25)37-30(26)36-29(22-3-7-24(32)8-4-22)28(27)21-9-13-33-14-10-21/h1-10,13-14,19,25,34-35H,11-12,15-18H2. The van der Waals surface area contributed by atoms with Gasteiger partial charge in [0, 0.05) is 53.3 Å². The van der Waals surface area contributed by atoms with Gasteiger partial charge in [-0.2, -0.15) is 5.10 Å². The minimum absolute atomic E-state index is 0.303. The van der Waals surface area contributed by atoms with Crippen LogP contribution >= 0.6 is 0 Å². The lowest BCUT2D eigenvalue weighted by atomic mass is 9.90. The van der Waals surface area contributed by atoms with Crippen LogP contribution in [0.4, 0.5) is 8.78 Å². The van der Waals surface area contributed by atoms with Gasteiger partial charge in [0.2, 0.25) is 0 Å². The molecule has 6 nitrogen and oxygen atoms in total. The van der Waals surface area contributed by atoms with Gasteiger partial charge in [-0.1, -0.05) is 12.1 Å². The lowest BCUT2D eigenvalue weighted by molar-refractivity contribution is 0.378. The van der Waals surface area contributed by atoms with E-state index in [9.17, 15) is 8.78 Å². The van der Waals surface area contributed by atoms with Gasteiger partial charge >= 0.3 is 0 Å². The third-order valence-electron chi connectivity index (χ3n) is 7.05. The van der Waals surface area contributed by atoms with Gasteiger partial charge in [-0.15, -0.1) is 0 Å². The van der Waals surface area contributed by atoms with Crippen LogP contribution in [0.2, 0.25) is 0 Å². The first-order valence-corrected chi connectivity index (χ1v) is 12.9. The summed E-state index contributed by atoms with van der Waals surface area (Å²) in [5, 5.41) is 12.7. The summed E-state index contributed by atoms with van der Waals surface area (Å²) in [5.41, 5.74) is 5.56. The number of nitrogens with zero attached hydrogens (tertiary/aromatic N) is 4. The predicted molar refractivity (Wildman–Crippen MR) is 145 cm³/mol. The lowest BCUT2D eigenvalue weighted by Gasteiger charge is -2.23. The second kappa shape index (κ2) is 10.8. The van der Waals surface area contributed by atoms with Crippen LogP contribution in [-0.4, -0.2) is 45.4 Å². The van der Waals surface area contributed by atoms with Gasteiger partial charge in [-0.25, -0.2) is 13.8 Å². The molecule has 4 heterocycles. The van der Waals surface area contributed by atoms with E-state index in [0.29, 0.717) is 23.9 Å². The van der Waals surface area contributed by atoms with Gasteiger partial charge in [-0.3, -0.25) is 9.67 Å². The average Bonchev–Trinajstić information content (AvgIpc) is 3.36. The Labute approximate surface area is 219 Å². The summed E-state index contributed by atoms with van der Waals surface area (Å²) in [6.07, 6.45) is 7.72. The number of hydrogen-bond acceptors (Lipinski definition) is 5. The first-order valence-electron chi connectivity index (χ1n) is 12.9. The summed E-state index contributed by atoms with van der Waals surface area (Å²) in [6.45, 7) is 3.57. The van der Waals surface area contributed by atoms with Crippen molar-refractivity contribution in [2.24, 2.45) is 0 Å². The number of hydrogen-bond donors (Lipinski definition) is 2. The third-order valence-corrected chi connectivity index (χ3v) is 7.05. The average molecular weight is 511 g/mol. The van der Waals surface area contributed by atoms with Crippen LogP contribution in [0.3, 0.4) is 0 Å². The van der Waals surface area contributed by atoms with Crippen molar-refractivity contribution in [2.75, 3.05) is 19.6 Å². The summed E-state index contributed by atoms with van der Waals surface area (Å²) in [6, 6.07) is 17.2. The molecule has 5 aromatic rings. The molecule has 0 atom stereocenters. The summed E-state index contributed by atoms with van der Waals surface area (Å²) in [7, 11) is 0. The smallest absolute Gasteiger partial charge is 0.182 e. The molecule has 2 N–H and O–H groups in total. The molecule has 3 aromatic heterocycles. The molecule has 0 unspecified atom stereocenters. The normalized spacial score (nSPS) is 14.3. The second-order valence-corrected chi connectivity index (χ2v) is 9.57. The first-order chi connectivity index (χ1) is 18.7. The van der Waals surface area contributed by atoms with Gasteiger partial charge in [0.05, 0.1) is 12.2 Å². The van der Waals surface area contributed by atoms with Crippen LogP contribution in [0, 0.1) is 11.6 Å². The molecule has 1 fully saturated rings. The van der Waals surface area contributed by atoms with Crippen LogP contribution in [0.25, 0.3) is 44.5 Å². The maximum Gasteiger partial charge on any atom is 0.182 e. The molecule has 1 saturated heterocycles. The molecular weight excluding hydrogens is 482 g/mol. The van der Waals surface area contributed by atoms with E-state index in [-0.39, 0.29) is 11.6 Å². The van der Waals surface area contributed by atoms with Crippen molar-refractivity contribution in [3.8, 4) is 33.5 Å². The molecule has 1 aliphatic heterocycles. The van der Waals surface area contributed by atoms with Crippen LogP contribution in [0.15, 0.2) is 79.3 Å². The van der Waals surface area contributed by atoms with Gasteiger partial charge in [0.1, 0.15) is 11.6 Å². The number of rotatable bonds is 7. The van der Waals surface area contributed by atoms with Crippen molar-refractivity contribution in [2.45, 2.75) is 25.4 Å². The Hall–Kier alpha value is -4.01. The number of benzene rings is 2. The maximum atomic E-state index is 13.9. The highest BCUT2D eigenvalue weighted by Gasteiger charge is 2.22. The lowest BCUT2D eigenvalue weighted by Crippen LogP contribution is -2.41. The zero-order valence-electron chi connectivity index (χ0n) is 20.9. The molecule has 0 spiro atoms. The summed E-state index contributed by atoms with van der Waals surface area (Å²) in [5.74, 6) is -0.618. The quantitative estimate of drug-likeness (QED) is 0.305. The van der Waals surface area contributed by atoms with E-state index in [1.807, 2.05) is 23.0 Å². The molecule has 0 aliphatic carbocycles. The predicted octanol–water partition coefficient (Wildman–Crippen LogP) is 5.45. The number of nitrogens with one attached hydrogen (secondary N) is 2. The van der Waals surface area contributed by atoms with Gasteiger partial charge in [0.15, 0.2) is 5.65 Å². The van der Waals surface area contributed by atoms with E-state index in [2.05, 4.69) is 15.6 Å². The van der Waals surface area contributed by atoms with E-state index < -0.39 is 0 Å². The second-order valence-electron chi connectivity index (χ2n) is 9.57. The van der Waals surface area contributed by atoms with Crippen molar-refractivity contribution >= 4 is 11.0 Å². The Morgan fingerprint density at radius 3 is 2.13 bits per heavy atom. The zero-order valence-corrected chi connectivity index (χ0v) is 20.9. The SMILES string of the molecule is Fc1ccc(-c2nc3nn(CCNC4CCNCC4)cc3c(-c3ccc(F)cc3)c2-c2ccncc2)cc1. The molecule has 0 saturated carbocycles. The highest BCUT2D eigenvalue weighted by atomic mass is 19.1. The summed E-state index contributed by atoms with van der Waals surface area (Å²) < 4.78 is 29.7. The fourth-order valence-corrected chi connectivity index (χ4v) is 5.14. The van der Waals surface area contributed by atoms with Gasteiger partial charge in [0.25, 0.3) is 0 Å². The topological polar surface area (TPSA) is 67.7 Å². The van der Waals surface area contributed by atoms with Crippen LogP contribution in [0.1, 0.15) is 12.8 Å². The Kier molecular flexibility index (Phi) is 6.90. The Balaban J connectivity index is 1.50. The molecule has 2 aromatic carbocycles. The molecule has 0 bridgehead atoms. The molecular formula is C30H28F2N6. The van der Waals surface area contributed by atoms with Crippen LogP contribution in [-0.2, 0) is 6.54 Å². The number of aromatic nitrogens is 4. The fraction of sp³-hybridized carbons (Fsp3) is 0.233. The van der Waals surface area contributed by atoms with Gasteiger partial charge in [-0.05, 0) is 85.6 Å². The molecule has 1 aliphatic rings. The van der Waals surface area contributed by atoms with Crippen molar-refractivity contribution in [3.05, 3.63) is 90.9 Å². The number of fused-ring (bicyclic) bond motifs is 1. The van der Waals surface area contributed by atoms with E-state index in [1.54, 1.807) is 36.7 Å². The van der Waals surface area contributed by atoms with E-state index >= 15 is 0 Å². The monoisotopic (exact) mass is 510 g/mol. The minimum atomic E-state index is -0.315. The fourth-order valence-electron chi connectivity index (χ4n) is 5.14. The minimum Gasteiger partial charge on any atom is -0.317 e. The Morgan fingerprint density at radius 1 is 0.816 bits per heavy atom. The zero-order chi connectivity index (χ0) is 25.9. The molecule has 38 heavy (non-hydrogen) atoms. The summed E-state index contributed by atoms with van der Waals surface area (Å²) >= 11 is 0. The van der Waals surface area contributed by atoms with E-state index in [4.69, 9.17) is 10.1 Å². The molecule has 192 valence electrons. The molecule has 0 amide bonds. The summed E-state index contributed by atoms with van der Waals surface area (Å²) in [4.78, 5) is 9.19. The van der Waals surface area contributed by atoms with Crippen LogP contribution in [0.5, 0.6) is 0 Å². The highest BCUT2D eigenvalue weighted by Crippen LogP contribution is 2.42. The Morgan fingerprint density at radius 2 is 1.45 bits per heavy atom. The molecule has 8 heteroatoms. The van der Waals surface area contributed by atoms with Crippen LogP contribution < -0.4 is 10.6 Å².